The number of imide groups is 1. The lowest BCUT2D eigenvalue weighted by Crippen LogP contribution is -2.52. The van der Waals surface area contributed by atoms with Crippen LogP contribution in [-0.4, -0.2) is 24.4 Å². The summed E-state index contributed by atoms with van der Waals surface area (Å²) in [6.07, 6.45) is -4.46. The van der Waals surface area contributed by atoms with Crippen LogP contribution in [0.2, 0.25) is 0 Å². The molecule has 4 amide bonds. The van der Waals surface area contributed by atoms with Gasteiger partial charge >= 0.3 is 12.2 Å². The first-order valence-electron chi connectivity index (χ1n) is 9.95. The Morgan fingerprint density at radius 3 is 2.12 bits per heavy atom. The zero-order chi connectivity index (χ0) is 23.6. The molecule has 0 aromatic heterocycles. The van der Waals surface area contributed by atoms with Crippen molar-refractivity contribution < 1.29 is 27.6 Å². The first kappa shape index (κ1) is 22.1. The summed E-state index contributed by atoms with van der Waals surface area (Å²) in [5.74, 6) is -1.15. The Hall–Kier alpha value is -4.14. The maximum absolute atomic E-state index is 13.0. The molecule has 9 heteroatoms. The standard InChI is InChI=1S/C24H18F3N3O3/c25-24(26,27)17-12-10-15(11-13-17)18-8-4-5-9-19(18)20(31)28-14-23(16-6-2-1-3-7-16)21(32)29-22(33)30-23/h1-13H,14H2,(H,28,31)(H2,29,30,32,33). The molecule has 168 valence electrons. The normalized spacial score (nSPS) is 17.9. The maximum Gasteiger partial charge on any atom is 0.416 e. The molecule has 1 fully saturated rings. The number of halogens is 3. The largest absolute Gasteiger partial charge is 0.416 e. The van der Waals surface area contributed by atoms with Gasteiger partial charge in [0.15, 0.2) is 5.54 Å². The molecule has 0 saturated carbocycles. The number of nitrogens with one attached hydrogen (secondary N) is 3. The fourth-order valence-corrected chi connectivity index (χ4v) is 3.72. The fourth-order valence-electron chi connectivity index (χ4n) is 3.72. The Labute approximate surface area is 186 Å². The molecule has 3 aromatic rings. The van der Waals surface area contributed by atoms with Crippen molar-refractivity contribution in [2.45, 2.75) is 11.7 Å². The summed E-state index contributed by atoms with van der Waals surface area (Å²) in [6, 6.07) is 18.7. The lowest BCUT2D eigenvalue weighted by atomic mass is 9.89. The topological polar surface area (TPSA) is 87.3 Å². The highest BCUT2D eigenvalue weighted by Gasteiger charge is 2.48. The molecule has 4 rings (SSSR count). The molecule has 3 aromatic carbocycles. The predicted octanol–water partition coefficient (Wildman–Crippen LogP) is 3.84. The molecule has 0 radical (unpaired) electrons. The molecule has 1 saturated heterocycles. The van der Waals surface area contributed by atoms with E-state index in [4.69, 9.17) is 0 Å². The summed E-state index contributed by atoms with van der Waals surface area (Å²) in [7, 11) is 0. The molecule has 1 heterocycles. The average Bonchev–Trinajstić information content (AvgIpc) is 3.11. The van der Waals surface area contributed by atoms with Gasteiger partial charge in [-0.3, -0.25) is 14.9 Å². The van der Waals surface area contributed by atoms with Crippen LogP contribution in [0.5, 0.6) is 0 Å². The molecule has 1 aliphatic heterocycles. The van der Waals surface area contributed by atoms with Crippen LogP contribution in [0.15, 0.2) is 78.9 Å². The fraction of sp³-hybridized carbons (Fsp3) is 0.125. The summed E-state index contributed by atoms with van der Waals surface area (Å²) in [5.41, 5.74) is -0.719. The van der Waals surface area contributed by atoms with E-state index in [1.54, 1.807) is 48.5 Å². The van der Waals surface area contributed by atoms with E-state index in [0.717, 1.165) is 12.1 Å². The molecule has 33 heavy (non-hydrogen) atoms. The summed E-state index contributed by atoms with van der Waals surface area (Å²) in [5, 5.41) is 7.46. The van der Waals surface area contributed by atoms with E-state index < -0.39 is 35.1 Å². The molecular formula is C24H18F3N3O3. The first-order valence-corrected chi connectivity index (χ1v) is 9.95. The number of rotatable bonds is 5. The van der Waals surface area contributed by atoms with Gasteiger partial charge in [0.2, 0.25) is 0 Å². The van der Waals surface area contributed by atoms with Crippen LogP contribution in [0.3, 0.4) is 0 Å². The van der Waals surface area contributed by atoms with E-state index in [-0.39, 0.29) is 12.1 Å². The molecule has 1 atom stereocenters. The first-order chi connectivity index (χ1) is 15.7. The van der Waals surface area contributed by atoms with E-state index in [1.807, 2.05) is 0 Å². The zero-order valence-electron chi connectivity index (χ0n) is 17.1. The van der Waals surface area contributed by atoms with Crippen LogP contribution in [-0.2, 0) is 16.5 Å². The third-order valence-electron chi connectivity index (χ3n) is 5.42. The minimum absolute atomic E-state index is 0.213. The van der Waals surface area contributed by atoms with Crippen molar-refractivity contribution in [1.29, 1.82) is 0 Å². The molecule has 0 bridgehead atoms. The Kier molecular flexibility index (Phi) is 5.63. The van der Waals surface area contributed by atoms with Crippen LogP contribution < -0.4 is 16.0 Å². The van der Waals surface area contributed by atoms with E-state index >= 15 is 0 Å². The monoisotopic (exact) mass is 453 g/mol. The number of amides is 4. The van der Waals surface area contributed by atoms with Gasteiger partial charge in [0, 0.05) is 5.56 Å². The van der Waals surface area contributed by atoms with Gasteiger partial charge in [-0.2, -0.15) is 13.2 Å². The second-order valence-corrected chi connectivity index (χ2v) is 7.48. The average molecular weight is 453 g/mol. The van der Waals surface area contributed by atoms with Gasteiger partial charge in [0.1, 0.15) is 0 Å². The van der Waals surface area contributed by atoms with Crippen LogP contribution >= 0.6 is 0 Å². The smallest absolute Gasteiger partial charge is 0.349 e. The SMILES string of the molecule is O=C1NC(=O)C(CNC(=O)c2ccccc2-c2ccc(C(F)(F)F)cc2)(c2ccccc2)N1. The number of hydrogen-bond acceptors (Lipinski definition) is 3. The summed E-state index contributed by atoms with van der Waals surface area (Å²) in [4.78, 5) is 37.5. The van der Waals surface area contributed by atoms with E-state index in [2.05, 4.69) is 16.0 Å². The second kappa shape index (κ2) is 8.42. The van der Waals surface area contributed by atoms with Crippen molar-refractivity contribution in [3.05, 3.63) is 95.6 Å². The summed E-state index contributed by atoms with van der Waals surface area (Å²) < 4.78 is 38.7. The highest BCUT2D eigenvalue weighted by Crippen LogP contribution is 2.32. The summed E-state index contributed by atoms with van der Waals surface area (Å²) >= 11 is 0. The minimum atomic E-state index is -4.46. The number of carbonyl (C=O) groups is 3. The van der Waals surface area contributed by atoms with Crippen LogP contribution in [0.25, 0.3) is 11.1 Å². The van der Waals surface area contributed by atoms with Crippen molar-refractivity contribution in [3.63, 3.8) is 0 Å². The van der Waals surface area contributed by atoms with Gasteiger partial charge < -0.3 is 10.6 Å². The van der Waals surface area contributed by atoms with Crippen molar-refractivity contribution in [3.8, 4) is 11.1 Å². The number of alkyl halides is 3. The van der Waals surface area contributed by atoms with E-state index in [1.165, 1.54) is 18.2 Å². The quantitative estimate of drug-likeness (QED) is 0.513. The highest BCUT2D eigenvalue weighted by atomic mass is 19.4. The summed E-state index contributed by atoms with van der Waals surface area (Å²) in [6.45, 7) is -0.227. The molecular weight excluding hydrogens is 435 g/mol. The van der Waals surface area contributed by atoms with E-state index in [9.17, 15) is 27.6 Å². The van der Waals surface area contributed by atoms with Crippen molar-refractivity contribution >= 4 is 17.8 Å². The molecule has 0 spiro atoms. The Morgan fingerprint density at radius 1 is 0.879 bits per heavy atom. The van der Waals surface area contributed by atoms with Gasteiger partial charge in [0.25, 0.3) is 11.8 Å². The zero-order valence-corrected chi connectivity index (χ0v) is 17.1. The van der Waals surface area contributed by atoms with Crippen LogP contribution in [0, 0.1) is 0 Å². The van der Waals surface area contributed by atoms with Gasteiger partial charge in [-0.05, 0) is 34.9 Å². The number of benzene rings is 3. The number of hydrogen-bond donors (Lipinski definition) is 3. The highest BCUT2D eigenvalue weighted by molar-refractivity contribution is 6.08. The minimum Gasteiger partial charge on any atom is -0.349 e. The maximum atomic E-state index is 13.0. The predicted molar refractivity (Wildman–Crippen MR) is 114 cm³/mol. The van der Waals surface area contributed by atoms with Crippen molar-refractivity contribution in [2.75, 3.05) is 6.54 Å². The van der Waals surface area contributed by atoms with Crippen LogP contribution in [0.4, 0.5) is 18.0 Å². The van der Waals surface area contributed by atoms with Crippen molar-refractivity contribution in [1.82, 2.24) is 16.0 Å². The number of urea groups is 1. The van der Waals surface area contributed by atoms with Gasteiger partial charge in [-0.1, -0.05) is 60.7 Å². The van der Waals surface area contributed by atoms with Gasteiger partial charge in [-0.25, -0.2) is 4.79 Å². The van der Waals surface area contributed by atoms with E-state index in [0.29, 0.717) is 16.7 Å². The Balaban J connectivity index is 1.61. The van der Waals surface area contributed by atoms with Gasteiger partial charge in [-0.15, -0.1) is 0 Å². The molecule has 1 unspecified atom stereocenters. The lowest BCUT2D eigenvalue weighted by molar-refractivity contribution is -0.137. The van der Waals surface area contributed by atoms with Gasteiger partial charge in [0.05, 0.1) is 12.1 Å². The molecule has 3 N–H and O–H groups in total. The third kappa shape index (κ3) is 4.30. The Morgan fingerprint density at radius 2 is 1.52 bits per heavy atom. The third-order valence-corrected chi connectivity index (χ3v) is 5.42. The Bertz CT molecular complexity index is 1210. The lowest BCUT2D eigenvalue weighted by Gasteiger charge is -2.27. The molecule has 6 nitrogen and oxygen atoms in total. The second-order valence-electron chi connectivity index (χ2n) is 7.48. The van der Waals surface area contributed by atoms with Crippen molar-refractivity contribution in [2.24, 2.45) is 0 Å². The number of carbonyl (C=O) groups excluding carboxylic acids is 3. The molecule has 1 aliphatic rings. The van der Waals surface area contributed by atoms with Crippen LogP contribution in [0.1, 0.15) is 21.5 Å². The molecule has 0 aliphatic carbocycles.